The van der Waals surface area contributed by atoms with E-state index in [-0.39, 0.29) is 0 Å². The van der Waals surface area contributed by atoms with Gasteiger partial charge >= 0.3 is 0 Å². The number of aryl methyl sites for hydroxylation is 1. The van der Waals surface area contributed by atoms with Crippen molar-refractivity contribution in [1.82, 2.24) is 10.3 Å². The largest absolute Gasteiger partial charge is 0.497 e. The van der Waals surface area contributed by atoms with Gasteiger partial charge in [0.25, 0.3) is 0 Å². The number of hydrogen-bond acceptors (Lipinski definition) is 5. The molecule has 0 unspecified atom stereocenters. The molecule has 5 heteroatoms. The smallest absolute Gasteiger partial charge is 0.140 e. The highest BCUT2D eigenvalue weighted by atomic mass is 32.1. The maximum atomic E-state index is 5.92. The summed E-state index contributed by atoms with van der Waals surface area (Å²) in [6.45, 7) is 7.49. The average Bonchev–Trinajstić information content (AvgIpc) is 2.88. The van der Waals surface area contributed by atoms with Gasteiger partial charge in [0.2, 0.25) is 0 Å². The Morgan fingerprint density at radius 3 is 2.76 bits per heavy atom. The molecular weight excluding hydrogens is 284 g/mol. The Kier molecular flexibility index (Phi) is 5.59. The van der Waals surface area contributed by atoms with E-state index in [0.717, 1.165) is 34.3 Å². The maximum absolute atomic E-state index is 5.92. The first kappa shape index (κ1) is 15.8. The molecule has 1 N–H and O–H groups in total. The van der Waals surface area contributed by atoms with Crippen LogP contribution in [0.4, 0.5) is 0 Å². The number of rotatable bonds is 7. The third-order valence-electron chi connectivity index (χ3n) is 2.99. The molecule has 0 fully saturated rings. The van der Waals surface area contributed by atoms with Gasteiger partial charge in [0.05, 0.1) is 7.11 Å². The van der Waals surface area contributed by atoms with Gasteiger partial charge in [0.15, 0.2) is 0 Å². The van der Waals surface area contributed by atoms with Crippen LogP contribution >= 0.6 is 11.3 Å². The second kappa shape index (κ2) is 7.43. The number of thiazole rings is 1. The summed E-state index contributed by atoms with van der Waals surface area (Å²) in [5.74, 6) is 1.71. The van der Waals surface area contributed by atoms with E-state index in [9.17, 15) is 0 Å². The van der Waals surface area contributed by atoms with E-state index in [1.165, 1.54) is 0 Å². The lowest BCUT2D eigenvalue weighted by atomic mass is 10.1. The fourth-order valence-corrected chi connectivity index (χ4v) is 2.57. The zero-order valence-electron chi connectivity index (χ0n) is 13.0. The van der Waals surface area contributed by atoms with E-state index in [0.29, 0.717) is 12.6 Å². The van der Waals surface area contributed by atoms with Crippen molar-refractivity contribution in [2.45, 2.75) is 40.0 Å². The average molecular weight is 306 g/mol. The fraction of sp³-hybridized carbons (Fsp3) is 0.438. The molecule has 0 saturated heterocycles. The van der Waals surface area contributed by atoms with Gasteiger partial charge in [-0.2, -0.15) is 0 Å². The highest BCUT2D eigenvalue weighted by molar-refractivity contribution is 7.09. The van der Waals surface area contributed by atoms with Crippen molar-refractivity contribution in [3.8, 4) is 11.5 Å². The second-order valence-electron chi connectivity index (χ2n) is 5.18. The van der Waals surface area contributed by atoms with Crippen LogP contribution in [-0.2, 0) is 13.2 Å². The number of nitrogens with zero attached hydrogens (tertiary/aromatic N) is 1. The van der Waals surface area contributed by atoms with E-state index in [1.54, 1.807) is 18.4 Å². The van der Waals surface area contributed by atoms with Crippen LogP contribution in [-0.4, -0.2) is 18.1 Å². The SMILES string of the molecule is COc1ccc(OCc2nc(C)cs2)c(CNC(C)C)c1. The molecule has 0 amide bonds. The summed E-state index contributed by atoms with van der Waals surface area (Å²) in [4.78, 5) is 4.42. The predicted octanol–water partition coefficient (Wildman–Crippen LogP) is 3.54. The van der Waals surface area contributed by atoms with Crippen LogP contribution in [0.15, 0.2) is 23.6 Å². The minimum atomic E-state index is 0.422. The molecule has 1 aromatic carbocycles. The van der Waals surface area contributed by atoms with Gasteiger partial charge in [0.1, 0.15) is 23.1 Å². The summed E-state index contributed by atoms with van der Waals surface area (Å²) in [6, 6.07) is 6.31. The van der Waals surface area contributed by atoms with E-state index < -0.39 is 0 Å². The van der Waals surface area contributed by atoms with E-state index >= 15 is 0 Å². The first-order chi connectivity index (χ1) is 10.1. The number of ether oxygens (including phenoxy) is 2. The number of aromatic nitrogens is 1. The second-order valence-corrected chi connectivity index (χ2v) is 6.12. The van der Waals surface area contributed by atoms with Crippen molar-refractivity contribution in [2.24, 2.45) is 0 Å². The lowest BCUT2D eigenvalue weighted by Gasteiger charge is -2.14. The standard InChI is InChI=1S/C16H22N2O2S/c1-11(2)17-8-13-7-14(19-4)5-6-15(13)20-9-16-18-12(3)10-21-16/h5-7,10-11,17H,8-9H2,1-4H3. The van der Waals surface area contributed by atoms with Crippen molar-refractivity contribution in [1.29, 1.82) is 0 Å². The van der Waals surface area contributed by atoms with E-state index in [4.69, 9.17) is 9.47 Å². The Hall–Kier alpha value is -1.59. The van der Waals surface area contributed by atoms with E-state index in [1.807, 2.05) is 30.5 Å². The molecule has 0 radical (unpaired) electrons. The molecular formula is C16H22N2O2S. The Labute approximate surface area is 130 Å². The molecule has 2 aromatic rings. The van der Waals surface area contributed by atoms with Crippen molar-refractivity contribution in [3.05, 3.63) is 39.8 Å². The minimum absolute atomic E-state index is 0.422. The molecule has 0 saturated carbocycles. The molecule has 0 spiro atoms. The molecule has 0 bridgehead atoms. The minimum Gasteiger partial charge on any atom is -0.497 e. The number of methoxy groups -OCH3 is 1. The zero-order chi connectivity index (χ0) is 15.2. The summed E-state index contributed by atoms with van der Waals surface area (Å²) in [5, 5.41) is 6.43. The molecule has 21 heavy (non-hydrogen) atoms. The van der Waals surface area contributed by atoms with Gasteiger partial charge in [-0.1, -0.05) is 13.8 Å². The molecule has 0 aliphatic carbocycles. The van der Waals surface area contributed by atoms with Crippen LogP contribution in [0.5, 0.6) is 11.5 Å². The van der Waals surface area contributed by atoms with Crippen molar-refractivity contribution < 1.29 is 9.47 Å². The number of nitrogens with one attached hydrogen (secondary N) is 1. The normalized spacial score (nSPS) is 10.9. The molecule has 1 heterocycles. The molecule has 4 nitrogen and oxygen atoms in total. The summed E-state index contributed by atoms with van der Waals surface area (Å²) in [6.07, 6.45) is 0. The maximum Gasteiger partial charge on any atom is 0.140 e. The fourth-order valence-electron chi connectivity index (χ4n) is 1.88. The predicted molar refractivity (Wildman–Crippen MR) is 86.2 cm³/mol. The number of benzene rings is 1. The monoisotopic (exact) mass is 306 g/mol. The summed E-state index contributed by atoms with van der Waals surface area (Å²) in [5.41, 5.74) is 2.13. The van der Waals surface area contributed by atoms with Crippen LogP contribution in [0.1, 0.15) is 30.1 Å². The lowest BCUT2D eigenvalue weighted by Crippen LogP contribution is -2.22. The molecule has 1 aromatic heterocycles. The summed E-state index contributed by atoms with van der Waals surface area (Å²) in [7, 11) is 1.67. The van der Waals surface area contributed by atoms with Crippen molar-refractivity contribution in [3.63, 3.8) is 0 Å². The van der Waals surface area contributed by atoms with Gasteiger partial charge in [-0.25, -0.2) is 4.98 Å². The van der Waals surface area contributed by atoms with Crippen LogP contribution in [0, 0.1) is 6.92 Å². The van der Waals surface area contributed by atoms with Crippen molar-refractivity contribution >= 4 is 11.3 Å². The highest BCUT2D eigenvalue weighted by Crippen LogP contribution is 2.25. The first-order valence-electron chi connectivity index (χ1n) is 7.02. The lowest BCUT2D eigenvalue weighted by molar-refractivity contribution is 0.300. The third-order valence-corrected chi connectivity index (χ3v) is 3.93. The summed E-state index contributed by atoms with van der Waals surface area (Å²) < 4.78 is 11.2. The van der Waals surface area contributed by atoms with Crippen molar-refractivity contribution in [2.75, 3.05) is 7.11 Å². The van der Waals surface area contributed by atoms with Crippen LogP contribution < -0.4 is 14.8 Å². The third kappa shape index (κ3) is 4.72. The first-order valence-corrected chi connectivity index (χ1v) is 7.90. The Balaban J connectivity index is 2.09. The zero-order valence-corrected chi connectivity index (χ0v) is 13.8. The summed E-state index contributed by atoms with van der Waals surface area (Å²) >= 11 is 1.62. The molecule has 0 aliphatic rings. The topological polar surface area (TPSA) is 43.4 Å². The Morgan fingerprint density at radius 2 is 2.14 bits per heavy atom. The molecule has 0 aliphatic heterocycles. The van der Waals surface area contributed by atoms with Crippen LogP contribution in [0.25, 0.3) is 0 Å². The van der Waals surface area contributed by atoms with Gasteiger partial charge in [0, 0.05) is 29.2 Å². The van der Waals surface area contributed by atoms with E-state index in [2.05, 4.69) is 24.1 Å². The van der Waals surface area contributed by atoms with Gasteiger partial charge in [-0.15, -0.1) is 11.3 Å². The van der Waals surface area contributed by atoms with Gasteiger partial charge in [-0.05, 0) is 25.1 Å². The Bertz CT molecular complexity index is 581. The Morgan fingerprint density at radius 1 is 1.33 bits per heavy atom. The quantitative estimate of drug-likeness (QED) is 0.850. The van der Waals surface area contributed by atoms with Crippen LogP contribution in [0.2, 0.25) is 0 Å². The molecule has 114 valence electrons. The van der Waals surface area contributed by atoms with Gasteiger partial charge in [-0.3, -0.25) is 0 Å². The molecule has 2 rings (SSSR count). The van der Waals surface area contributed by atoms with Gasteiger partial charge < -0.3 is 14.8 Å². The molecule has 0 atom stereocenters. The highest BCUT2D eigenvalue weighted by Gasteiger charge is 2.08. The van der Waals surface area contributed by atoms with Crippen LogP contribution in [0.3, 0.4) is 0 Å². The number of hydrogen-bond donors (Lipinski definition) is 1.